The van der Waals surface area contributed by atoms with Crippen LogP contribution in [0, 0.1) is 17.6 Å². The highest BCUT2D eigenvalue weighted by atomic mass is 19.1. The normalized spacial score (nSPS) is 24.6. The Bertz CT molecular complexity index is 428. The molecule has 2 rings (SSSR count). The van der Waals surface area contributed by atoms with Crippen LogP contribution in [0.3, 0.4) is 0 Å². The molecule has 0 saturated carbocycles. The molecule has 3 atom stereocenters. The van der Waals surface area contributed by atoms with E-state index in [1.807, 2.05) is 0 Å². The van der Waals surface area contributed by atoms with Gasteiger partial charge >= 0.3 is 0 Å². The Kier molecular flexibility index (Phi) is 4.85. The van der Waals surface area contributed by atoms with Crippen LogP contribution >= 0.6 is 0 Å². The van der Waals surface area contributed by atoms with Gasteiger partial charge in [-0.25, -0.2) is 8.78 Å². The molecule has 3 N–H and O–H groups in total. The molecule has 1 aliphatic rings. The van der Waals surface area contributed by atoms with Crippen molar-refractivity contribution in [3.05, 3.63) is 35.4 Å². The molecular weight excluding hydrogens is 250 g/mol. The topological polar surface area (TPSA) is 47.3 Å². The van der Waals surface area contributed by atoms with Gasteiger partial charge in [0.25, 0.3) is 0 Å². The van der Waals surface area contributed by atoms with Crippen LogP contribution in [0.25, 0.3) is 0 Å². The molecule has 0 amide bonds. The smallest absolute Gasteiger partial charge is 0.126 e. The van der Waals surface area contributed by atoms with E-state index in [4.69, 9.17) is 10.6 Å². The highest BCUT2D eigenvalue weighted by Gasteiger charge is 2.33. The van der Waals surface area contributed by atoms with E-state index in [1.165, 1.54) is 6.07 Å². The third kappa shape index (κ3) is 3.29. The van der Waals surface area contributed by atoms with Crippen LogP contribution < -0.4 is 11.3 Å². The van der Waals surface area contributed by atoms with Gasteiger partial charge in [0, 0.05) is 18.6 Å². The summed E-state index contributed by atoms with van der Waals surface area (Å²) in [6.07, 6.45) is 2.29. The first-order valence-corrected chi connectivity index (χ1v) is 6.67. The summed E-state index contributed by atoms with van der Waals surface area (Å²) < 4.78 is 32.5. The Labute approximate surface area is 112 Å². The van der Waals surface area contributed by atoms with Gasteiger partial charge in [-0.1, -0.05) is 6.92 Å². The van der Waals surface area contributed by atoms with Crippen LogP contribution in [0.5, 0.6) is 0 Å². The molecule has 1 saturated heterocycles. The van der Waals surface area contributed by atoms with Crippen molar-refractivity contribution in [1.29, 1.82) is 0 Å². The third-order valence-electron chi connectivity index (χ3n) is 3.84. The van der Waals surface area contributed by atoms with E-state index < -0.39 is 11.6 Å². The molecule has 1 aromatic rings. The Morgan fingerprint density at radius 2 is 2.26 bits per heavy atom. The number of hydrogen-bond acceptors (Lipinski definition) is 3. The predicted molar refractivity (Wildman–Crippen MR) is 69.3 cm³/mol. The summed E-state index contributed by atoms with van der Waals surface area (Å²) in [4.78, 5) is 0. The van der Waals surface area contributed by atoms with Crippen LogP contribution in [0.15, 0.2) is 18.2 Å². The van der Waals surface area contributed by atoms with Crippen molar-refractivity contribution in [2.75, 3.05) is 6.61 Å². The van der Waals surface area contributed by atoms with E-state index in [0.29, 0.717) is 18.6 Å². The van der Waals surface area contributed by atoms with Crippen LogP contribution in [-0.4, -0.2) is 18.8 Å². The lowest BCUT2D eigenvalue weighted by molar-refractivity contribution is 0.0773. The van der Waals surface area contributed by atoms with Gasteiger partial charge in [0.1, 0.15) is 11.6 Å². The number of rotatable bonds is 5. The average Bonchev–Trinajstić information content (AvgIpc) is 2.88. The minimum Gasteiger partial charge on any atom is -0.378 e. The molecule has 5 heteroatoms. The Balaban J connectivity index is 2.12. The molecule has 0 bridgehead atoms. The largest absolute Gasteiger partial charge is 0.378 e. The number of halogens is 2. The van der Waals surface area contributed by atoms with Gasteiger partial charge in [0.2, 0.25) is 0 Å². The van der Waals surface area contributed by atoms with Crippen molar-refractivity contribution in [3.8, 4) is 0 Å². The summed E-state index contributed by atoms with van der Waals surface area (Å²) in [6, 6.07) is 3.40. The van der Waals surface area contributed by atoms with Crippen LogP contribution in [0.2, 0.25) is 0 Å². The fourth-order valence-corrected chi connectivity index (χ4v) is 2.82. The molecule has 3 unspecified atom stereocenters. The molecule has 1 aliphatic heterocycles. The van der Waals surface area contributed by atoms with Gasteiger partial charge < -0.3 is 4.74 Å². The van der Waals surface area contributed by atoms with Crippen molar-refractivity contribution in [2.24, 2.45) is 11.8 Å². The number of hydrogen-bond donors (Lipinski definition) is 2. The van der Waals surface area contributed by atoms with Gasteiger partial charge in [-0.2, -0.15) is 0 Å². The summed E-state index contributed by atoms with van der Waals surface area (Å²) in [5.74, 6) is 4.99. The molecule has 3 nitrogen and oxygen atoms in total. The summed E-state index contributed by atoms with van der Waals surface area (Å²) in [7, 11) is 0. The summed E-state index contributed by atoms with van der Waals surface area (Å²) in [5.41, 5.74) is 3.09. The maximum atomic E-state index is 13.7. The highest BCUT2D eigenvalue weighted by molar-refractivity contribution is 5.20. The van der Waals surface area contributed by atoms with Crippen LogP contribution in [0.4, 0.5) is 8.78 Å². The van der Waals surface area contributed by atoms with Crippen LogP contribution in [0.1, 0.15) is 25.3 Å². The molecular formula is C14H20F2N2O. The lowest BCUT2D eigenvalue weighted by Gasteiger charge is -2.26. The first-order chi connectivity index (χ1) is 9.15. The lowest BCUT2D eigenvalue weighted by atomic mass is 9.87. The van der Waals surface area contributed by atoms with Crippen molar-refractivity contribution < 1.29 is 13.5 Å². The third-order valence-corrected chi connectivity index (χ3v) is 3.84. The summed E-state index contributed by atoms with van der Waals surface area (Å²) in [5, 5.41) is 0. The molecule has 106 valence electrons. The van der Waals surface area contributed by atoms with Gasteiger partial charge in [0.15, 0.2) is 0 Å². The predicted octanol–water partition coefficient (Wildman–Crippen LogP) is 2.15. The zero-order valence-corrected chi connectivity index (χ0v) is 11.0. The second-order valence-corrected chi connectivity index (χ2v) is 4.98. The standard InChI is InChI=1S/C14H20F2N2O/c1-2-14-11(5-6-19-14)13(18-17)8-9-7-10(15)3-4-12(9)16/h3-4,7,11,13-14,18H,2,5-6,8,17H2,1H3. The van der Waals surface area contributed by atoms with Gasteiger partial charge in [-0.3, -0.25) is 11.3 Å². The Morgan fingerprint density at radius 1 is 1.47 bits per heavy atom. The first kappa shape index (κ1) is 14.4. The van der Waals surface area contributed by atoms with E-state index in [9.17, 15) is 8.78 Å². The Morgan fingerprint density at radius 3 is 2.95 bits per heavy atom. The Hall–Kier alpha value is -1.04. The fourth-order valence-electron chi connectivity index (χ4n) is 2.82. The zero-order chi connectivity index (χ0) is 13.8. The average molecular weight is 270 g/mol. The molecule has 1 fully saturated rings. The van der Waals surface area contributed by atoms with Gasteiger partial charge in [0.05, 0.1) is 6.10 Å². The molecule has 0 radical (unpaired) electrons. The molecule has 0 aromatic heterocycles. The number of nitrogens with two attached hydrogens (primary N) is 1. The minimum atomic E-state index is -0.429. The van der Waals surface area contributed by atoms with E-state index in [2.05, 4.69) is 12.3 Å². The molecule has 19 heavy (non-hydrogen) atoms. The van der Waals surface area contributed by atoms with E-state index in [1.54, 1.807) is 0 Å². The van der Waals surface area contributed by atoms with E-state index >= 15 is 0 Å². The SMILES string of the molecule is CCC1OCCC1C(Cc1cc(F)ccc1F)NN. The number of hydrazine groups is 1. The molecule has 1 heterocycles. The van der Waals surface area contributed by atoms with Gasteiger partial charge in [-0.05, 0) is 43.0 Å². The first-order valence-electron chi connectivity index (χ1n) is 6.67. The highest BCUT2D eigenvalue weighted by Crippen LogP contribution is 2.28. The van der Waals surface area contributed by atoms with Crippen molar-refractivity contribution in [1.82, 2.24) is 5.43 Å². The monoisotopic (exact) mass is 270 g/mol. The lowest BCUT2D eigenvalue weighted by Crippen LogP contribution is -2.45. The van der Waals surface area contributed by atoms with Crippen LogP contribution in [-0.2, 0) is 11.2 Å². The maximum Gasteiger partial charge on any atom is 0.126 e. The van der Waals surface area contributed by atoms with E-state index in [-0.39, 0.29) is 18.1 Å². The van der Waals surface area contributed by atoms with Gasteiger partial charge in [-0.15, -0.1) is 0 Å². The maximum absolute atomic E-state index is 13.7. The molecule has 0 spiro atoms. The fraction of sp³-hybridized carbons (Fsp3) is 0.571. The van der Waals surface area contributed by atoms with Crippen molar-refractivity contribution >= 4 is 0 Å². The van der Waals surface area contributed by atoms with Crippen molar-refractivity contribution in [3.63, 3.8) is 0 Å². The quantitative estimate of drug-likeness (QED) is 0.636. The summed E-state index contributed by atoms with van der Waals surface area (Å²) in [6.45, 7) is 2.76. The molecule has 0 aliphatic carbocycles. The minimum absolute atomic E-state index is 0.108. The second-order valence-electron chi connectivity index (χ2n) is 4.98. The second kappa shape index (κ2) is 6.41. The summed E-state index contributed by atoms with van der Waals surface area (Å²) >= 11 is 0. The number of nitrogens with one attached hydrogen (secondary N) is 1. The number of benzene rings is 1. The zero-order valence-electron chi connectivity index (χ0n) is 11.0. The number of ether oxygens (including phenoxy) is 1. The van der Waals surface area contributed by atoms with Crippen molar-refractivity contribution in [2.45, 2.75) is 38.3 Å². The molecule has 1 aromatic carbocycles. The van der Waals surface area contributed by atoms with E-state index in [0.717, 1.165) is 25.0 Å².